The van der Waals surface area contributed by atoms with Crippen LogP contribution in [0.2, 0.25) is 0 Å². The quantitative estimate of drug-likeness (QED) is 0.466. The molecule has 1 saturated heterocycles. The maximum Gasteiger partial charge on any atom is 0.274 e. The van der Waals surface area contributed by atoms with Gasteiger partial charge in [-0.25, -0.2) is 0 Å². The van der Waals surface area contributed by atoms with Crippen molar-refractivity contribution in [1.29, 1.82) is 0 Å². The van der Waals surface area contributed by atoms with E-state index in [1.165, 1.54) is 0 Å². The topological polar surface area (TPSA) is 78.7 Å². The zero-order valence-corrected chi connectivity index (χ0v) is 17.5. The molecule has 0 aromatic heterocycles. The normalized spacial score (nSPS) is 24.9. The lowest BCUT2D eigenvalue weighted by molar-refractivity contribution is -0.385. The van der Waals surface area contributed by atoms with E-state index in [0.717, 1.165) is 30.8 Å². The number of nitro groups is 1. The Hall–Kier alpha value is -3.19. The van der Waals surface area contributed by atoms with E-state index in [0.29, 0.717) is 24.2 Å². The Labute approximate surface area is 181 Å². The van der Waals surface area contributed by atoms with E-state index in [4.69, 9.17) is 0 Å². The first kappa shape index (κ1) is 19.8. The van der Waals surface area contributed by atoms with Crippen molar-refractivity contribution in [3.63, 3.8) is 0 Å². The number of hydrogen-bond donors (Lipinski definition) is 1. The minimum absolute atomic E-state index is 0.0270. The Bertz CT molecular complexity index is 1060. The van der Waals surface area contributed by atoms with Crippen LogP contribution >= 0.6 is 0 Å². The summed E-state index contributed by atoms with van der Waals surface area (Å²) >= 11 is 0. The number of fused-ring (bicyclic) bond motifs is 3. The van der Waals surface area contributed by atoms with Crippen LogP contribution in [0.4, 0.5) is 11.4 Å². The Morgan fingerprint density at radius 1 is 1.06 bits per heavy atom. The second kappa shape index (κ2) is 7.81. The second-order valence-electron chi connectivity index (χ2n) is 8.66. The highest BCUT2D eigenvalue weighted by molar-refractivity contribution is 6.01. The second-order valence-corrected chi connectivity index (χ2v) is 8.66. The molecule has 0 saturated carbocycles. The van der Waals surface area contributed by atoms with E-state index < -0.39 is 0 Å². The van der Waals surface area contributed by atoms with Crippen LogP contribution in [0.15, 0.2) is 54.6 Å². The van der Waals surface area contributed by atoms with Gasteiger partial charge in [-0.2, -0.15) is 0 Å². The molecule has 3 aliphatic rings. The van der Waals surface area contributed by atoms with Gasteiger partial charge in [0.1, 0.15) is 0 Å². The fraction of sp³-hybridized carbons (Fsp3) is 0.375. The number of benzene rings is 2. The molecule has 3 unspecified atom stereocenters. The number of nitrogens with one attached hydrogen (secondary N) is 1. The third-order valence-corrected chi connectivity index (χ3v) is 6.89. The van der Waals surface area contributed by atoms with E-state index in [9.17, 15) is 14.9 Å². The van der Waals surface area contributed by atoms with Crippen LogP contribution in [0.3, 0.4) is 0 Å². The molecule has 5 rings (SSSR count). The number of carbonyl (C=O) groups is 1. The Kier molecular flexibility index (Phi) is 4.98. The maximum absolute atomic E-state index is 13.4. The summed E-state index contributed by atoms with van der Waals surface area (Å²) in [5, 5.41) is 15.3. The SMILES string of the molecule is CN1CCN(C(=O)c2cccc3c2NC(c2ccccc2[N+](=O)[O-])C2CC=CC32)CC1. The van der Waals surface area contributed by atoms with E-state index in [1.54, 1.807) is 12.1 Å². The number of anilines is 1. The highest BCUT2D eigenvalue weighted by atomic mass is 16.6. The van der Waals surface area contributed by atoms with Gasteiger partial charge in [-0.3, -0.25) is 14.9 Å². The molecule has 2 heterocycles. The lowest BCUT2D eigenvalue weighted by Gasteiger charge is -2.39. The molecule has 160 valence electrons. The third-order valence-electron chi connectivity index (χ3n) is 6.89. The Morgan fingerprint density at radius 3 is 2.58 bits per heavy atom. The summed E-state index contributed by atoms with van der Waals surface area (Å²) in [6, 6.07) is 12.6. The molecule has 1 fully saturated rings. The number of nitrogens with zero attached hydrogens (tertiary/aromatic N) is 3. The van der Waals surface area contributed by atoms with Crippen molar-refractivity contribution in [3.8, 4) is 0 Å². The van der Waals surface area contributed by atoms with Crippen LogP contribution in [-0.2, 0) is 0 Å². The molecule has 0 bridgehead atoms. The molecule has 1 amide bonds. The van der Waals surface area contributed by atoms with Gasteiger partial charge < -0.3 is 15.1 Å². The number of piperazine rings is 1. The van der Waals surface area contributed by atoms with Gasteiger partial charge in [0.05, 0.1) is 27.8 Å². The molecule has 0 radical (unpaired) electrons. The van der Waals surface area contributed by atoms with E-state index in [2.05, 4.69) is 35.5 Å². The summed E-state index contributed by atoms with van der Waals surface area (Å²) in [4.78, 5) is 29.0. The molecule has 2 aliphatic heterocycles. The monoisotopic (exact) mass is 418 g/mol. The third kappa shape index (κ3) is 3.39. The van der Waals surface area contributed by atoms with Gasteiger partial charge in [0, 0.05) is 38.2 Å². The number of carbonyl (C=O) groups excluding carboxylic acids is 1. The summed E-state index contributed by atoms with van der Waals surface area (Å²) in [5.74, 6) is 0.350. The number of hydrogen-bond acceptors (Lipinski definition) is 5. The number of amides is 1. The smallest absolute Gasteiger partial charge is 0.274 e. The highest BCUT2D eigenvalue weighted by Crippen LogP contribution is 2.51. The highest BCUT2D eigenvalue weighted by Gasteiger charge is 2.41. The average Bonchev–Trinajstić information content (AvgIpc) is 3.28. The number of rotatable bonds is 3. The molecule has 2 aromatic rings. The van der Waals surface area contributed by atoms with Gasteiger partial charge in [-0.1, -0.05) is 42.5 Å². The molecule has 31 heavy (non-hydrogen) atoms. The minimum Gasteiger partial charge on any atom is -0.377 e. The van der Waals surface area contributed by atoms with Crippen molar-refractivity contribution in [2.24, 2.45) is 5.92 Å². The first-order valence-electron chi connectivity index (χ1n) is 10.8. The van der Waals surface area contributed by atoms with Gasteiger partial charge in [-0.15, -0.1) is 0 Å². The molecule has 0 spiro atoms. The predicted octanol–water partition coefficient (Wildman–Crippen LogP) is 3.81. The molecule has 2 aromatic carbocycles. The Balaban J connectivity index is 1.56. The molecule has 1 N–H and O–H groups in total. The van der Waals surface area contributed by atoms with Crippen molar-refractivity contribution in [3.05, 3.63) is 81.4 Å². The lowest BCUT2D eigenvalue weighted by atomic mass is 9.76. The first-order valence-corrected chi connectivity index (χ1v) is 10.8. The standard InChI is InChI=1S/C24H26N4O3/c1-26-12-14-27(15-13-26)24(29)20-10-5-9-18-16-7-4-8-17(16)22(25-23(18)20)19-6-2-3-11-21(19)28(30)31/h2-7,9-11,16-17,22,25H,8,12-15H2,1H3. The largest absolute Gasteiger partial charge is 0.377 e. The van der Waals surface area contributed by atoms with Gasteiger partial charge >= 0.3 is 0 Å². The zero-order valence-electron chi connectivity index (χ0n) is 17.5. The number of para-hydroxylation sites is 2. The van der Waals surface area contributed by atoms with E-state index in [-0.39, 0.29) is 34.4 Å². The van der Waals surface area contributed by atoms with Gasteiger partial charge in [0.25, 0.3) is 11.6 Å². The number of allylic oxidation sites excluding steroid dienone is 2. The zero-order chi connectivity index (χ0) is 21.5. The van der Waals surface area contributed by atoms with E-state index in [1.807, 2.05) is 29.2 Å². The van der Waals surface area contributed by atoms with Crippen LogP contribution < -0.4 is 5.32 Å². The minimum atomic E-state index is -0.314. The van der Waals surface area contributed by atoms with Crippen LogP contribution in [0, 0.1) is 16.0 Å². The van der Waals surface area contributed by atoms with Gasteiger partial charge in [0.15, 0.2) is 0 Å². The summed E-state index contributed by atoms with van der Waals surface area (Å²) in [5.41, 5.74) is 3.39. The van der Waals surface area contributed by atoms with Crippen LogP contribution in [0.25, 0.3) is 0 Å². The summed E-state index contributed by atoms with van der Waals surface area (Å²) in [7, 11) is 2.07. The molecular formula is C24H26N4O3. The average molecular weight is 418 g/mol. The van der Waals surface area contributed by atoms with Crippen LogP contribution in [0.5, 0.6) is 0 Å². The molecule has 3 atom stereocenters. The summed E-state index contributed by atoms with van der Waals surface area (Å²) in [6.07, 6.45) is 5.20. The number of likely N-dealkylation sites (N-methyl/N-ethyl adjacent to an activating group) is 1. The van der Waals surface area contributed by atoms with Crippen molar-refractivity contribution in [2.45, 2.75) is 18.4 Å². The Morgan fingerprint density at radius 2 is 1.81 bits per heavy atom. The van der Waals surface area contributed by atoms with Crippen LogP contribution in [0.1, 0.15) is 39.9 Å². The number of nitro benzene ring substituents is 1. The predicted molar refractivity (Wildman–Crippen MR) is 119 cm³/mol. The van der Waals surface area contributed by atoms with Crippen LogP contribution in [-0.4, -0.2) is 53.9 Å². The molecule has 1 aliphatic carbocycles. The molecule has 7 heteroatoms. The van der Waals surface area contributed by atoms with Gasteiger partial charge in [-0.05, 0) is 31.0 Å². The molecular weight excluding hydrogens is 392 g/mol. The van der Waals surface area contributed by atoms with Crippen molar-refractivity contribution in [2.75, 3.05) is 38.5 Å². The fourth-order valence-corrected chi connectivity index (χ4v) is 5.20. The lowest BCUT2D eigenvalue weighted by Crippen LogP contribution is -2.47. The summed E-state index contributed by atoms with van der Waals surface area (Å²) in [6.45, 7) is 3.14. The maximum atomic E-state index is 13.4. The molecule has 7 nitrogen and oxygen atoms in total. The van der Waals surface area contributed by atoms with Crippen molar-refractivity contribution < 1.29 is 9.72 Å². The van der Waals surface area contributed by atoms with E-state index >= 15 is 0 Å². The van der Waals surface area contributed by atoms with Crippen molar-refractivity contribution in [1.82, 2.24) is 9.80 Å². The first-order chi connectivity index (χ1) is 15.0. The van der Waals surface area contributed by atoms with Gasteiger partial charge in [0.2, 0.25) is 0 Å². The van der Waals surface area contributed by atoms with Crippen molar-refractivity contribution >= 4 is 17.3 Å². The fourth-order valence-electron chi connectivity index (χ4n) is 5.20. The summed E-state index contributed by atoms with van der Waals surface area (Å²) < 4.78 is 0.